The van der Waals surface area contributed by atoms with Crippen molar-refractivity contribution >= 4 is 39.9 Å². The molecule has 0 bridgehead atoms. The Labute approximate surface area is 187 Å². The van der Waals surface area contributed by atoms with Crippen LogP contribution in [0.4, 0.5) is 5.82 Å². The van der Waals surface area contributed by atoms with E-state index in [1.165, 1.54) is 35.0 Å². The van der Waals surface area contributed by atoms with Crippen LogP contribution in [-0.2, 0) is 6.42 Å². The van der Waals surface area contributed by atoms with Crippen molar-refractivity contribution < 1.29 is 0 Å². The highest BCUT2D eigenvalue weighted by molar-refractivity contribution is 6.31. The summed E-state index contributed by atoms with van der Waals surface area (Å²) in [6, 6.07) is 10.9. The maximum Gasteiger partial charge on any atom is 0.126 e. The number of aryl methyl sites for hydroxylation is 1. The number of aromatic nitrogens is 2. The van der Waals surface area contributed by atoms with E-state index in [9.17, 15) is 0 Å². The maximum atomic E-state index is 6.30. The molecule has 2 aromatic heterocycles. The van der Waals surface area contributed by atoms with Gasteiger partial charge in [0, 0.05) is 47.3 Å². The van der Waals surface area contributed by atoms with E-state index in [4.69, 9.17) is 23.2 Å². The lowest BCUT2D eigenvalue weighted by Gasteiger charge is -2.39. The number of nitrogens with one attached hydrogen (secondary N) is 3. The number of pyridine rings is 1. The van der Waals surface area contributed by atoms with E-state index in [0.717, 1.165) is 49.1 Å². The molecular formula is C23H27Cl2N5. The molecule has 1 saturated heterocycles. The lowest BCUT2D eigenvalue weighted by atomic mass is 9.91. The first-order chi connectivity index (χ1) is 14.6. The third kappa shape index (κ3) is 3.80. The van der Waals surface area contributed by atoms with Crippen LogP contribution in [0.5, 0.6) is 0 Å². The van der Waals surface area contributed by atoms with Crippen molar-refractivity contribution in [1.82, 2.24) is 20.2 Å². The van der Waals surface area contributed by atoms with E-state index in [1.807, 2.05) is 25.1 Å². The van der Waals surface area contributed by atoms with Crippen molar-refractivity contribution in [1.29, 1.82) is 0 Å². The highest BCUT2D eigenvalue weighted by Crippen LogP contribution is 2.38. The lowest BCUT2D eigenvalue weighted by molar-refractivity contribution is 0.155. The summed E-state index contributed by atoms with van der Waals surface area (Å²) >= 11 is 12.4. The van der Waals surface area contributed by atoms with E-state index in [-0.39, 0.29) is 0 Å². The first-order valence-corrected chi connectivity index (χ1v) is 11.5. The van der Waals surface area contributed by atoms with Gasteiger partial charge in [-0.1, -0.05) is 23.2 Å². The number of halogens is 2. The number of rotatable bonds is 5. The fourth-order valence-corrected chi connectivity index (χ4v) is 5.27. The Bertz CT molecular complexity index is 1060. The SMILES string of the molecule is Cc1nc(NCCN2CCc3c([nH]c4ccc(Cl)cc34)C2C2CCCN2)ccc1Cl. The minimum absolute atomic E-state index is 0.351. The molecule has 2 aliphatic heterocycles. The first kappa shape index (κ1) is 20.1. The fraction of sp³-hybridized carbons (Fsp3) is 0.435. The molecule has 3 aromatic rings. The van der Waals surface area contributed by atoms with Crippen LogP contribution in [0, 0.1) is 6.92 Å². The molecule has 7 heteroatoms. The van der Waals surface area contributed by atoms with Gasteiger partial charge < -0.3 is 15.6 Å². The third-order valence-corrected chi connectivity index (χ3v) is 7.08. The zero-order valence-electron chi connectivity index (χ0n) is 17.1. The normalized spacial score (nSPS) is 21.8. The molecule has 5 nitrogen and oxygen atoms in total. The van der Waals surface area contributed by atoms with E-state index in [0.29, 0.717) is 17.1 Å². The molecule has 158 valence electrons. The molecule has 2 unspecified atom stereocenters. The van der Waals surface area contributed by atoms with Gasteiger partial charge in [-0.3, -0.25) is 4.90 Å². The van der Waals surface area contributed by atoms with Crippen LogP contribution in [0.25, 0.3) is 10.9 Å². The van der Waals surface area contributed by atoms with Crippen molar-refractivity contribution in [3.8, 4) is 0 Å². The van der Waals surface area contributed by atoms with Crippen LogP contribution in [0.15, 0.2) is 30.3 Å². The largest absolute Gasteiger partial charge is 0.369 e. The Hall–Kier alpha value is -1.79. The number of anilines is 1. The summed E-state index contributed by atoms with van der Waals surface area (Å²) in [6.07, 6.45) is 3.49. The second-order valence-corrected chi connectivity index (χ2v) is 9.17. The molecule has 1 fully saturated rings. The molecule has 0 amide bonds. The number of aromatic amines is 1. The molecule has 4 heterocycles. The molecule has 0 radical (unpaired) electrons. The number of nitrogens with zero attached hydrogens (tertiary/aromatic N) is 2. The smallest absolute Gasteiger partial charge is 0.126 e. The predicted molar refractivity (Wildman–Crippen MR) is 125 cm³/mol. The van der Waals surface area contributed by atoms with Crippen LogP contribution in [0.1, 0.15) is 35.8 Å². The predicted octanol–water partition coefficient (Wildman–Crippen LogP) is 4.94. The average Bonchev–Trinajstić information content (AvgIpc) is 3.38. The minimum atomic E-state index is 0.351. The van der Waals surface area contributed by atoms with Gasteiger partial charge in [0.05, 0.1) is 16.8 Å². The van der Waals surface area contributed by atoms with Crippen molar-refractivity contribution in [2.45, 2.75) is 38.3 Å². The Morgan fingerprint density at radius 2 is 2.13 bits per heavy atom. The Balaban J connectivity index is 1.38. The maximum absolute atomic E-state index is 6.30. The molecule has 5 rings (SSSR count). The van der Waals surface area contributed by atoms with Crippen molar-refractivity contribution in [2.24, 2.45) is 0 Å². The Morgan fingerprint density at radius 1 is 1.23 bits per heavy atom. The summed E-state index contributed by atoms with van der Waals surface area (Å²) in [4.78, 5) is 10.9. The zero-order valence-corrected chi connectivity index (χ0v) is 18.7. The fourth-order valence-electron chi connectivity index (χ4n) is 5.00. The topological polar surface area (TPSA) is 56.0 Å². The van der Waals surface area contributed by atoms with Gasteiger partial charge >= 0.3 is 0 Å². The molecule has 0 saturated carbocycles. The van der Waals surface area contributed by atoms with E-state index in [1.54, 1.807) is 0 Å². The van der Waals surface area contributed by atoms with Crippen molar-refractivity contribution in [2.75, 3.05) is 31.5 Å². The summed E-state index contributed by atoms with van der Waals surface area (Å²) in [6.45, 7) is 5.89. The Morgan fingerprint density at radius 3 is 2.93 bits per heavy atom. The summed E-state index contributed by atoms with van der Waals surface area (Å²) in [7, 11) is 0. The van der Waals surface area contributed by atoms with Gasteiger partial charge in [0.2, 0.25) is 0 Å². The van der Waals surface area contributed by atoms with Gasteiger partial charge in [0.15, 0.2) is 0 Å². The summed E-state index contributed by atoms with van der Waals surface area (Å²) < 4.78 is 0. The van der Waals surface area contributed by atoms with Gasteiger partial charge in [-0.15, -0.1) is 0 Å². The average molecular weight is 444 g/mol. The van der Waals surface area contributed by atoms with Crippen LogP contribution < -0.4 is 10.6 Å². The molecule has 2 atom stereocenters. The highest BCUT2D eigenvalue weighted by atomic mass is 35.5. The molecule has 2 aliphatic rings. The first-order valence-electron chi connectivity index (χ1n) is 10.7. The van der Waals surface area contributed by atoms with Crippen LogP contribution in [0.2, 0.25) is 10.0 Å². The van der Waals surface area contributed by atoms with Crippen LogP contribution >= 0.6 is 23.2 Å². The quantitative estimate of drug-likeness (QED) is 0.522. The summed E-state index contributed by atoms with van der Waals surface area (Å²) in [5.74, 6) is 0.880. The van der Waals surface area contributed by atoms with E-state index in [2.05, 4.69) is 37.6 Å². The van der Waals surface area contributed by atoms with Gasteiger partial charge in [0.25, 0.3) is 0 Å². The minimum Gasteiger partial charge on any atom is -0.369 e. The standard InChI is InChI=1S/C23H27Cl2N5/c1-14-18(25)5-7-21(28-14)27-10-12-30-11-8-16-17-13-15(24)4-6-19(17)29-22(16)23(30)20-3-2-9-26-20/h4-7,13,20,23,26,29H,2-3,8-12H2,1H3,(H,27,28). The van der Waals surface area contributed by atoms with E-state index >= 15 is 0 Å². The molecule has 0 spiro atoms. The monoisotopic (exact) mass is 443 g/mol. The Kier molecular flexibility index (Phi) is 5.63. The summed E-state index contributed by atoms with van der Waals surface area (Å²) in [5, 5.41) is 9.99. The van der Waals surface area contributed by atoms with E-state index < -0.39 is 0 Å². The number of benzene rings is 1. The molecule has 0 aliphatic carbocycles. The van der Waals surface area contributed by atoms with Gasteiger partial charge in [0.1, 0.15) is 5.82 Å². The second kappa shape index (κ2) is 8.39. The lowest BCUT2D eigenvalue weighted by Crippen LogP contribution is -2.46. The van der Waals surface area contributed by atoms with Gasteiger partial charge in [-0.2, -0.15) is 0 Å². The third-order valence-electron chi connectivity index (χ3n) is 6.45. The number of H-pyrrole nitrogens is 1. The number of fused-ring (bicyclic) bond motifs is 3. The highest BCUT2D eigenvalue weighted by Gasteiger charge is 2.36. The van der Waals surface area contributed by atoms with Crippen LogP contribution in [0.3, 0.4) is 0 Å². The second-order valence-electron chi connectivity index (χ2n) is 8.33. The molecule has 3 N–H and O–H groups in total. The zero-order chi connectivity index (χ0) is 20.7. The van der Waals surface area contributed by atoms with Gasteiger partial charge in [-0.05, 0) is 68.6 Å². The molecular weight excluding hydrogens is 417 g/mol. The van der Waals surface area contributed by atoms with Crippen molar-refractivity contribution in [3.63, 3.8) is 0 Å². The molecule has 1 aromatic carbocycles. The molecule has 30 heavy (non-hydrogen) atoms. The summed E-state index contributed by atoms with van der Waals surface area (Å²) in [5.41, 5.74) is 4.84. The van der Waals surface area contributed by atoms with Crippen molar-refractivity contribution in [3.05, 3.63) is 57.3 Å². The van der Waals surface area contributed by atoms with Crippen LogP contribution in [-0.4, -0.2) is 47.1 Å². The number of hydrogen-bond donors (Lipinski definition) is 3. The van der Waals surface area contributed by atoms with Gasteiger partial charge in [-0.25, -0.2) is 4.98 Å². The number of hydrogen-bond acceptors (Lipinski definition) is 4.